The van der Waals surface area contributed by atoms with Crippen LogP contribution in [0.5, 0.6) is 11.5 Å². The molecule has 1 aromatic carbocycles. The van der Waals surface area contributed by atoms with Crippen LogP contribution in [0.2, 0.25) is 0 Å². The highest BCUT2D eigenvalue weighted by Gasteiger charge is 2.36. The lowest BCUT2D eigenvalue weighted by Crippen LogP contribution is -2.22. The molecule has 1 aromatic rings. The summed E-state index contributed by atoms with van der Waals surface area (Å²) in [6, 6.07) is 1.51. The van der Waals surface area contributed by atoms with Crippen LogP contribution in [0.1, 0.15) is 18.5 Å². The fraction of sp³-hybridized carbons (Fsp3) is 0.400. The maximum atomic E-state index is 12.1. The van der Waals surface area contributed by atoms with Crippen molar-refractivity contribution in [2.75, 3.05) is 0 Å². The average molecular weight is 289 g/mol. The predicted molar refractivity (Wildman–Crippen MR) is 52.4 cm³/mol. The molecule has 0 aliphatic rings. The van der Waals surface area contributed by atoms with Crippen molar-refractivity contribution in [3.8, 4) is 11.5 Å². The molecule has 0 aliphatic heterocycles. The topological polar surface area (TPSA) is 44.5 Å². The second-order valence-electron chi connectivity index (χ2n) is 3.55. The monoisotopic (exact) mass is 289 g/mol. The van der Waals surface area contributed by atoms with Gasteiger partial charge in [-0.3, -0.25) is 0 Å². The fourth-order valence-electron chi connectivity index (χ4n) is 1.40. The first kappa shape index (κ1) is 15.4. The Morgan fingerprint density at radius 3 is 1.58 bits per heavy atom. The fourth-order valence-corrected chi connectivity index (χ4v) is 1.40. The maximum Gasteiger partial charge on any atom is 0.573 e. The highest BCUT2D eigenvalue weighted by molar-refractivity contribution is 5.46. The summed E-state index contributed by atoms with van der Waals surface area (Å²) in [4.78, 5) is 0. The van der Waals surface area contributed by atoms with E-state index in [2.05, 4.69) is 9.47 Å². The molecule has 0 fully saturated rings. The number of ether oxygens (including phenoxy) is 2. The van der Waals surface area contributed by atoms with Crippen molar-refractivity contribution in [3.63, 3.8) is 0 Å². The van der Waals surface area contributed by atoms with Crippen LogP contribution in [0.25, 0.3) is 0 Å². The Labute approximate surface area is 103 Å². The van der Waals surface area contributed by atoms with Crippen LogP contribution in [0, 0.1) is 0 Å². The van der Waals surface area contributed by atoms with E-state index < -0.39 is 35.8 Å². The lowest BCUT2D eigenvalue weighted by molar-refractivity contribution is -0.277. The second-order valence-corrected chi connectivity index (χ2v) is 3.55. The maximum absolute atomic E-state index is 12.1. The smallest absolute Gasteiger partial charge is 0.405 e. The number of hydrogen-bond donors (Lipinski definition) is 1. The molecule has 108 valence electrons. The van der Waals surface area contributed by atoms with E-state index in [0.29, 0.717) is 0 Å². The zero-order valence-corrected chi connectivity index (χ0v) is 9.47. The summed E-state index contributed by atoms with van der Waals surface area (Å²) in [6.45, 7) is 1.21. The lowest BCUT2D eigenvalue weighted by Gasteiger charge is -2.19. The van der Waals surface area contributed by atoms with Gasteiger partial charge in [-0.15, -0.1) is 26.3 Å². The number of benzene rings is 1. The zero-order chi connectivity index (χ0) is 14.8. The number of halogens is 6. The van der Waals surface area contributed by atoms with Crippen molar-refractivity contribution in [3.05, 3.63) is 23.8 Å². The van der Waals surface area contributed by atoms with Gasteiger partial charge in [0.2, 0.25) is 0 Å². The van der Waals surface area contributed by atoms with E-state index >= 15 is 0 Å². The summed E-state index contributed by atoms with van der Waals surface area (Å²) in [6.07, 6.45) is -10.1. The molecule has 0 spiro atoms. The van der Waals surface area contributed by atoms with Gasteiger partial charge in [0.25, 0.3) is 0 Å². The van der Waals surface area contributed by atoms with Gasteiger partial charge in [-0.1, -0.05) is 6.07 Å². The predicted octanol–water partition coefficient (Wildman–Crippen LogP) is 3.50. The number of rotatable bonds is 3. The van der Waals surface area contributed by atoms with E-state index in [1.807, 2.05) is 0 Å². The van der Waals surface area contributed by atoms with Crippen molar-refractivity contribution in [1.82, 2.24) is 0 Å². The highest BCUT2D eigenvalue weighted by atomic mass is 19.4. The van der Waals surface area contributed by atoms with E-state index in [1.54, 1.807) is 0 Å². The summed E-state index contributed by atoms with van der Waals surface area (Å²) < 4.78 is 80.0. The molecule has 0 bridgehead atoms. The summed E-state index contributed by atoms with van der Waals surface area (Å²) in [5, 5.41) is 0. The second kappa shape index (κ2) is 5.16. The van der Waals surface area contributed by atoms with Crippen molar-refractivity contribution in [1.29, 1.82) is 0 Å². The molecule has 3 nitrogen and oxygen atoms in total. The summed E-state index contributed by atoms with van der Waals surface area (Å²) in [5.74, 6) is -1.66. The van der Waals surface area contributed by atoms with Gasteiger partial charge in [0, 0.05) is 6.04 Å². The standard InChI is InChI=1S/C10H9F6NO2/c1-5(17)8-6(18-9(11,12)13)3-2-4-7(8)19-10(14,15)16/h2-5H,17H2,1H3. The SMILES string of the molecule is CC(N)c1c(OC(F)(F)F)cccc1OC(F)(F)F. The van der Waals surface area contributed by atoms with Crippen molar-refractivity contribution in [2.45, 2.75) is 25.7 Å². The number of nitrogens with two attached hydrogens (primary N) is 1. The quantitative estimate of drug-likeness (QED) is 0.866. The molecule has 0 aromatic heterocycles. The van der Waals surface area contributed by atoms with Crippen molar-refractivity contribution in [2.24, 2.45) is 5.73 Å². The first-order chi connectivity index (χ1) is 8.49. The number of hydrogen-bond acceptors (Lipinski definition) is 3. The first-order valence-corrected chi connectivity index (χ1v) is 4.89. The van der Waals surface area contributed by atoms with Crippen molar-refractivity contribution >= 4 is 0 Å². The van der Waals surface area contributed by atoms with E-state index in [9.17, 15) is 26.3 Å². The minimum absolute atomic E-state index is 0.517. The van der Waals surface area contributed by atoms with Gasteiger partial charge >= 0.3 is 12.7 Å². The summed E-state index contributed by atoms with van der Waals surface area (Å²) in [7, 11) is 0. The molecule has 0 saturated heterocycles. The molecule has 0 radical (unpaired) electrons. The molecule has 19 heavy (non-hydrogen) atoms. The van der Waals surface area contributed by atoms with Crippen LogP contribution in [0.3, 0.4) is 0 Å². The first-order valence-electron chi connectivity index (χ1n) is 4.89. The Morgan fingerprint density at radius 2 is 1.32 bits per heavy atom. The van der Waals surface area contributed by atoms with Crippen LogP contribution in [-0.2, 0) is 0 Å². The Hall–Kier alpha value is -1.64. The minimum Gasteiger partial charge on any atom is -0.405 e. The van der Waals surface area contributed by atoms with Crippen LogP contribution in [0.4, 0.5) is 26.3 Å². The van der Waals surface area contributed by atoms with E-state index in [-0.39, 0.29) is 0 Å². The molecular weight excluding hydrogens is 280 g/mol. The third-order valence-electron chi connectivity index (χ3n) is 1.93. The van der Waals surface area contributed by atoms with Crippen LogP contribution in [0.15, 0.2) is 18.2 Å². The van der Waals surface area contributed by atoms with Crippen LogP contribution in [-0.4, -0.2) is 12.7 Å². The molecule has 1 rings (SSSR count). The van der Waals surface area contributed by atoms with Crippen molar-refractivity contribution < 1.29 is 35.8 Å². The Kier molecular flexibility index (Phi) is 4.18. The van der Waals surface area contributed by atoms with Gasteiger partial charge in [-0.05, 0) is 19.1 Å². The third-order valence-corrected chi connectivity index (χ3v) is 1.93. The molecule has 0 amide bonds. The van der Waals surface area contributed by atoms with Gasteiger partial charge in [0.15, 0.2) is 0 Å². The molecule has 0 saturated carbocycles. The van der Waals surface area contributed by atoms with E-state index in [1.165, 1.54) is 6.92 Å². The lowest BCUT2D eigenvalue weighted by atomic mass is 10.1. The molecular formula is C10H9F6NO2. The Balaban J connectivity index is 3.22. The van der Waals surface area contributed by atoms with Crippen LogP contribution >= 0.6 is 0 Å². The molecule has 0 heterocycles. The van der Waals surface area contributed by atoms with Gasteiger partial charge in [-0.2, -0.15) is 0 Å². The zero-order valence-electron chi connectivity index (χ0n) is 9.47. The van der Waals surface area contributed by atoms with Gasteiger partial charge in [-0.25, -0.2) is 0 Å². The summed E-state index contributed by atoms with van der Waals surface area (Å²) in [5.41, 5.74) is 4.84. The van der Waals surface area contributed by atoms with Gasteiger partial charge in [0.05, 0.1) is 5.56 Å². The molecule has 0 aliphatic carbocycles. The summed E-state index contributed by atoms with van der Waals surface area (Å²) >= 11 is 0. The molecule has 1 unspecified atom stereocenters. The van der Waals surface area contributed by atoms with E-state index in [0.717, 1.165) is 18.2 Å². The normalized spacial score (nSPS) is 14.1. The largest absolute Gasteiger partial charge is 0.573 e. The van der Waals surface area contributed by atoms with E-state index in [4.69, 9.17) is 5.73 Å². The highest BCUT2D eigenvalue weighted by Crippen LogP contribution is 2.38. The Morgan fingerprint density at radius 1 is 0.947 bits per heavy atom. The average Bonchev–Trinajstić information content (AvgIpc) is 2.11. The van der Waals surface area contributed by atoms with Crippen LogP contribution < -0.4 is 15.2 Å². The Bertz CT molecular complexity index is 406. The van der Waals surface area contributed by atoms with Gasteiger partial charge < -0.3 is 15.2 Å². The minimum atomic E-state index is -5.04. The number of alkyl halides is 6. The van der Waals surface area contributed by atoms with Gasteiger partial charge in [0.1, 0.15) is 11.5 Å². The molecule has 9 heteroatoms. The molecule has 2 N–H and O–H groups in total. The molecule has 1 atom stereocenters. The third kappa shape index (κ3) is 4.86.